The molecule has 0 bridgehead atoms. The minimum atomic E-state index is -1.09. The third kappa shape index (κ3) is 4.56. The summed E-state index contributed by atoms with van der Waals surface area (Å²) in [6, 6.07) is 8.94. The minimum Gasteiger partial charge on any atom is -0.455 e. The largest absolute Gasteiger partial charge is 0.455 e. The van der Waals surface area contributed by atoms with Crippen molar-refractivity contribution in [3.8, 4) is 0 Å². The SMILES string of the molecule is CCC(=O)C(=O)C(=O)OCc1ccccc1.O. The van der Waals surface area contributed by atoms with Crippen LogP contribution in [0.1, 0.15) is 18.9 Å². The van der Waals surface area contributed by atoms with E-state index in [1.165, 1.54) is 6.92 Å². The first-order valence-electron chi connectivity index (χ1n) is 4.93. The zero-order valence-electron chi connectivity index (χ0n) is 9.43. The van der Waals surface area contributed by atoms with Crippen molar-refractivity contribution in [3.63, 3.8) is 0 Å². The van der Waals surface area contributed by atoms with E-state index in [-0.39, 0.29) is 18.5 Å². The van der Waals surface area contributed by atoms with Gasteiger partial charge in [0, 0.05) is 6.42 Å². The maximum atomic E-state index is 11.1. The highest BCUT2D eigenvalue weighted by Crippen LogP contribution is 2.01. The lowest BCUT2D eigenvalue weighted by molar-refractivity contribution is -0.157. The van der Waals surface area contributed by atoms with Crippen molar-refractivity contribution in [1.82, 2.24) is 0 Å². The van der Waals surface area contributed by atoms with E-state index < -0.39 is 17.5 Å². The van der Waals surface area contributed by atoms with Gasteiger partial charge >= 0.3 is 11.8 Å². The zero-order valence-corrected chi connectivity index (χ0v) is 9.43. The molecule has 0 aliphatic rings. The average Bonchev–Trinajstić information content (AvgIpc) is 2.35. The van der Waals surface area contributed by atoms with E-state index in [9.17, 15) is 14.4 Å². The Balaban J connectivity index is 0.00000256. The van der Waals surface area contributed by atoms with Crippen molar-refractivity contribution >= 4 is 17.5 Å². The lowest BCUT2D eigenvalue weighted by Crippen LogP contribution is -2.25. The highest BCUT2D eigenvalue weighted by Gasteiger charge is 2.22. The lowest BCUT2D eigenvalue weighted by Gasteiger charge is -2.02. The van der Waals surface area contributed by atoms with Crippen LogP contribution in [0.25, 0.3) is 0 Å². The summed E-state index contributed by atoms with van der Waals surface area (Å²) in [5.41, 5.74) is 0.771. The summed E-state index contributed by atoms with van der Waals surface area (Å²) in [7, 11) is 0. The molecule has 5 heteroatoms. The summed E-state index contributed by atoms with van der Waals surface area (Å²) in [4.78, 5) is 33.1. The van der Waals surface area contributed by atoms with Gasteiger partial charge in [0.1, 0.15) is 6.61 Å². The van der Waals surface area contributed by atoms with Crippen LogP contribution in [0.3, 0.4) is 0 Å². The number of ether oxygens (including phenoxy) is 1. The van der Waals surface area contributed by atoms with Crippen LogP contribution in [0.2, 0.25) is 0 Å². The van der Waals surface area contributed by atoms with Crippen molar-refractivity contribution in [1.29, 1.82) is 0 Å². The van der Waals surface area contributed by atoms with E-state index in [0.717, 1.165) is 5.56 Å². The van der Waals surface area contributed by atoms with E-state index in [1.807, 2.05) is 6.07 Å². The highest BCUT2D eigenvalue weighted by atomic mass is 16.5. The standard InChI is InChI=1S/C12H12O4.H2O/c1-2-10(13)11(14)12(15)16-8-9-6-4-3-5-7-9;/h3-7H,2,8H2,1H3;1H2. The van der Waals surface area contributed by atoms with Crippen molar-refractivity contribution < 1.29 is 24.6 Å². The maximum absolute atomic E-state index is 11.1. The first-order valence-corrected chi connectivity index (χ1v) is 4.93. The molecule has 17 heavy (non-hydrogen) atoms. The Morgan fingerprint density at radius 1 is 1.12 bits per heavy atom. The number of benzene rings is 1. The van der Waals surface area contributed by atoms with Crippen LogP contribution < -0.4 is 0 Å². The summed E-state index contributed by atoms with van der Waals surface area (Å²) in [5.74, 6) is -2.90. The number of hydrogen-bond acceptors (Lipinski definition) is 4. The number of carbonyl (C=O) groups excluding carboxylic acids is 3. The molecule has 5 nitrogen and oxygen atoms in total. The van der Waals surface area contributed by atoms with Gasteiger partial charge in [-0.05, 0) is 5.56 Å². The zero-order chi connectivity index (χ0) is 12.0. The van der Waals surface area contributed by atoms with E-state index in [0.29, 0.717) is 0 Å². The van der Waals surface area contributed by atoms with Crippen LogP contribution >= 0.6 is 0 Å². The summed E-state index contributed by atoms with van der Waals surface area (Å²) < 4.78 is 4.70. The second kappa shape index (κ2) is 7.29. The monoisotopic (exact) mass is 238 g/mol. The van der Waals surface area contributed by atoms with E-state index in [2.05, 4.69) is 0 Å². The van der Waals surface area contributed by atoms with Gasteiger partial charge in [0.25, 0.3) is 0 Å². The molecule has 0 spiro atoms. The Labute approximate surface area is 98.7 Å². The Bertz CT molecular complexity index is 397. The molecule has 2 N–H and O–H groups in total. The average molecular weight is 238 g/mol. The van der Waals surface area contributed by atoms with Crippen LogP contribution in [0.4, 0.5) is 0 Å². The van der Waals surface area contributed by atoms with Gasteiger partial charge in [-0.1, -0.05) is 37.3 Å². The van der Waals surface area contributed by atoms with Crippen LogP contribution in [-0.2, 0) is 25.7 Å². The van der Waals surface area contributed by atoms with Gasteiger partial charge in [0.2, 0.25) is 5.78 Å². The summed E-state index contributed by atoms with van der Waals surface area (Å²) in [6.07, 6.45) is 0.0132. The lowest BCUT2D eigenvalue weighted by atomic mass is 10.2. The van der Waals surface area contributed by atoms with Crippen LogP contribution in [0.5, 0.6) is 0 Å². The quantitative estimate of drug-likeness (QED) is 0.423. The van der Waals surface area contributed by atoms with Crippen molar-refractivity contribution in [2.45, 2.75) is 20.0 Å². The molecule has 0 aliphatic heterocycles. The normalized spacial score (nSPS) is 9.00. The Morgan fingerprint density at radius 3 is 2.24 bits per heavy atom. The third-order valence-corrected chi connectivity index (χ3v) is 1.97. The molecular formula is C12H14O5. The van der Waals surface area contributed by atoms with Crippen LogP contribution in [-0.4, -0.2) is 23.0 Å². The molecular weight excluding hydrogens is 224 g/mol. The number of carbonyl (C=O) groups is 3. The molecule has 0 radical (unpaired) electrons. The van der Waals surface area contributed by atoms with E-state index in [1.54, 1.807) is 24.3 Å². The smallest absolute Gasteiger partial charge is 0.383 e. The van der Waals surface area contributed by atoms with Gasteiger partial charge < -0.3 is 10.2 Å². The topological polar surface area (TPSA) is 91.9 Å². The second-order valence-corrected chi connectivity index (χ2v) is 3.17. The highest BCUT2D eigenvalue weighted by molar-refractivity contribution is 6.62. The number of ketones is 2. The predicted molar refractivity (Wildman–Crippen MR) is 60.2 cm³/mol. The van der Waals surface area contributed by atoms with Crippen molar-refractivity contribution in [3.05, 3.63) is 35.9 Å². The molecule has 0 atom stereocenters. The fourth-order valence-corrected chi connectivity index (χ4v) is 1.06. The maximum Gasteiger partial charge on any atom is 0.383 e. The van der Waals surface area contributed by atoms with E-state index in [4.69, 9.17) is 4.74 Å². The van der Waals surface area contributed by atoms with Crippen molar-refractivity contribution in [2.75, 3.05) is 0 Å². The summed E-state index contributed by atoms with van der Waals surface area (Å²) >= 11 is 0. The molecule has 0 fully saturated rings. The van der Waals surface area contributed by atoms with Crippen LogP contribution in [0, 0.1) is 0 Å². The van der Waals surface area contributed by atoms with Gasteiger partial charge in [0.05, 0.1) is 0 Å². The van der Waals surface area contributed by atoms with E-state index >= 15 is 0 Å². The molecule has 0 amide bonds. The fraction of sp³-hybridized carbons (Fsp3) is 0.250. The van der Waals surface area contributed by atoms with Crippen molar-refractivity contribution in [2.24, 2.45) is 0 Å². The first kappa shape index (κ1) is 15.0. The first-order chi connectivity index (χ1) is 7.65. The van der Waals surface area contributed by atoms with Gasteiger partial charge in [-0.15, -0.1) is 0 Å². The van der Waals surface area contributed by atoms with Gasteiger partial charge in [-0.2, -0.15) is 0 Å². The van der Waals surface area contributed by atoms with Gasteiger partial charge in [-0.25, -0.2) is 4.79 Å². The third-order valence-electron chi connectivity index (χ3n) is 1.97. The fourth-order valence-electron chi connectivity index (χ4n) is 1.06. The molecule has 0 aromatic heterocycles. The summed E-state index contributed by atoms with van der Waals surface area (Å²) in [6.45, 7) is 1.52. The molecule has 1 aromatic rings. The van der Waals surface area contributed by atoms with Crippen LogP contribution in [0.15, 0.2) is 30.3 Å². The Morgan fingerprint density at radius 2 is 1.71 bits per heavy atom. The Kier molecular flexibility index (Phi) is 6.43. The molecule has 1 rings (SSSR count). The molecule has 0 unspecified atom stereocenters. The molecule has 92 valence electrons. The number of esters is 1. The molecule has 0 aliphatic carbocycles. The molecule has 0 heterocycles. The predicted octanol–water partition coefficient (Wildman–Crippen LogP) is 0.453. The molecule has 0 saturated carbocycles. The van der Waals surface area contributed by atoms with Gasteiger partial charge in [0.15, 0.2) is 0 Å². The molecule has 1 aromatic carbocycles. The summed E-state index contributed by atoms with van der Waals surface area (Å²) in [5, 5.41) is 0. The number of rotatable bonds is 5. The second-order valence-electron chi connectivity index (χ2n) is 3.17. The molecule has 0 saturated heterocycles. The minimum absolute atomic E-state index is 0. The number of Topliss-reactive ketones (excluding diaryl/α,β-unsaturated/α-hetero) is 2. The van der Waals surface area contributed by atoms with Gasteiger partial charge in [-0.3, -0.25) is 9.59 Å². The Hall–Kier alpha value is -2.01. The number of hydrogen-bond donors (Lipinski definition) is 0.